The number of aromatic nitrogens is 4. The molecule has 2 fully saturated rings. The topological polar surface area (TPSA) is 113 Å². The summed E-state index contributed by atoms with van der Waals surface area (Å²) < 4.78 is 36.9. The lowest BCUT2D eigenvalue weighted by Gasteiger charge is -2.36. The van der Waals surface area contributed by atoms with Crippen molar-refractivity contribution >= 4 is 15.5 Å². The largest absolute Gasteiger partial charge is 0.493 e. The van der Waals surface area contributed by atoms with Crippen molar-refractivity contribution in [3.63, 3.8) is 0 Å². The first-order chi connectivity index (χ1) is 20.8. The Hall–Kier alpha value is -2.76. The van der Waals surface area contributed by atoms with Crippen LogP contribution in [0.2, 0.25) is 0 Å². The number of piperidine rings is 1. The van der Waals surface area contributed by atoms with E-state index in [1.54, 1.807) is 27.0 Å². The Bertz CT molecular complexity index is 1550. The predicted molar refractivity (Wildman–Crippen MR) is 169 cm³/mol. The van der Waals surface area contributed by atoms with Crippen LogP contribution < -0.4 is 10.3 Å². The summed E-state index contributed by atoms with van der Waals surface area (Å²) in [5.74, 6) is 1.69. The molecule has 2 aliphatic rings. The number of aryl methyl sites for hydroxylation is 1. The second-order valence-corrected chi connectivity index (χ2v) is 14.0. The molecule has 1 unspecified atom stereocenters. The zero-order valence-corrected chi connectivity index (χ0v) is 27.1. The Morgan fingerprint density at radius 3 is 2.47 bits per heavy atom. The first-order valence-electron chi connectivity index (χ1n) is 16.3. The second-order valence-electron chi connectivity index (χ2n) is 12.0. The molecule has 11 heteroatoms. The lowest BCUT2D eigenvalue weighted by atomic mass is 9.97. The minimum absolute atomic E-state index is 0.168. The quantitative estimate of drug-likeness (QED) is 0.254. The Morgan fingerprint density at radius 1 is 1.05 bits per heavy atom. The van der Waals surface area contributed by atoms with Gasteiger partial charge in [0.25, 0.3) is 5.56 Å². The molecule has 43 heavy (non-hydrogen) atoms. The first-order valence-corrected chi connectivity index (χ1v) is 17.7. The molecule has 2 aromatic heterocycles. The molecule has 2 saturated heterocycles. The van der Waals surface area contributed by atoms with E-state index in [0.29, 0.717) is 48.3 Å². The molecule has 0 bridgehead atoms. The molecular weight excluding hydrogens is 564 g/mol. The molecular formula is C32H48N6O4S. The van der Waals surface area contributed by atoms with Crippen LogP contribution in [-0.4, -0.2) is 76.0 Å². The Morgan fingerprint density at radius 2 is 1.79 bits per heavy atom. The summed E-state index contributed by atoms with van der Waals surface area (Å²) in [6, 6.07) is 5.33. The SMILES string of the molecule is CCCCCCC(CC)c1nc(C)c2c(=O)[nH]c(-c3cc(S(=O)(=O)N4CCC(N5CCCC5)CC4)ccc3OCC)nn12. The molecule has 236 valence electrons. The number of imidazole rings is 1. The smallest absolute Gasteiger partial charge is 0.277 e. The fraction of sp³-hybridized carbons (Fsp3) is 0.656. The number of aromatic amines is 1. The molecule has 0 spiro atoms. The van der Waals surface area contributed by atoms with Crippen molar-refractivity contribution in [3.05, 3.63) is 40.1 Å². The second kappa shape index (κ2) is 13.9. The van der Waals surface area contributed by atoms with Gasteiger partial charge in [0.15, 0.2) is 11.3 Å². The van der Waals surface area contributed by atoms with Gasteiger partial charge in [-0.05, 0) is 83.7 Å². The van der Waals surface area contributed by atoms with Gasteiger partial charge in [0.05, 0.1) is 22.8 Å². The highest BCUT2D eigenvalue weighted by molar-refractivity contribution is 7.89. The average molecular weight is 613 g/mol. The summed E-state index contributed by atoms with van der Waals surface area (Å²) >= 11 is 0. The standard InChI is InChI=1S/C32H48N6O4S/c1-5-8-9-10-13-24(6-2)31-33-23(4)29-32(39)34-30(35-38(29)31)27-22-26(14-15-28(27)42-7-3)43(40,41)37-20-16-25(17-21-37)36-18-11-12-19-36/h14-15,22,24-25H,5-13,16-21H2,1-4H3,(H,34,35,39). The Balaban J connectivity index is 1.49. The minimum Gasteiger partial charge on any atom is -0.493 e. The summed E-state index contributed by atoms with van der Waals surface area (Å²) in [7, 11) is -3.74. The van der Waals surface area contributed by atoms with Crippen LogP contribution in [0, 0.1) is 6.92 Å². The van der Waals surface area contributed by atoms with Crippen LogP contribution in [0.1, 0.15) is 102 Å². The number of hydrogen-bond donors (Lipinski definition) is 1. The van der Waals surface area contributed by atoms with E-state index in [9.17, 15) is 13.2 Å². The van der Waals surface area contributed by atoms with Gasteiger partial charge >= 0.3 is 0 Å². The van der Waals surface area contributed by atoms with Crippen molar-refractivity contribution in [2.75, 3.05) is 32.8 Å². The number of benzene rings is 1. The first kappa shape index (κ1) is 31.7. The number of nitrogens with zero attached hydrogens (tertiary/aromatic N) is 5. The number of hydrogen-bond acceptors (Lipinski definition) is 7. The third kappa shape index (κ3) is 6.68. The van der Waals surface area contributed by atoms with Gasteiger partial charge in [0, 0.05) is 25.0 Å². The van der Waals surface area contributed by atoms with Gasteiger partial charge in [-0.1, -0.05) is 39.5 Å². The van der Waals surface area contributed by atoms with Crippen molar-refractivity contribution in [1.82, 2.24) is 28.8 Å². The number of ether oxygens (including phenoxy) is 1. The number of fused-ring (bicyclic) bond motifs is 1. The van der Waals surface area contributed by atoms with Crippen LogP contribution >= 0.6 is 0 Å². The van der Waals surface area contributed by atoms with E-state index in [-0.39, 0.29) is 22.2 Å². The molecule has 4 heterocycles. The van der Waals surface area contributed by atoms with Gasteiger partial charge in [-0.3, -0.25) is 4.79 Å². The van der Waals surface area contributed by atoms with Crippen molar-refractivity contribution in [3.8, 4) is 17.1 Å². The molecule has 1 N–H and O–H groups in total. The van der Waals surface area contributed by atoms with Gasteiger partial charge in [0.1, 0.15) is 11.6 Å². The number of nitrogens with one attached hydrogen (secondary N) is 1. The van der Waals surface area contributed by atoms with Crippen LogP contribution in [-0.2, 0) is 10.0 Å². The van der Waals surface area contributed by atoms with E-state index < -0.39 is 10.0 Å². The van der Waals surface area contributed by atoms with Gasteiger partial charge in [-0.15, -0.1) is 5.10 Å². The van der Waals surface area contributed by atoms with Crippen LogP contribution in [0.25, 0.3) is 16.9 Å². The summed E-state index contributed by atoms with van der Waals surface area (Å²) in [6.45, 7) is 11.7. The van der Waals surface area contributed by atoms with Gasteiger partial charge < -0.3 is 14.6 Å². The minimum atomic E-state index is -3.74. The molecule has 0 amide bonds. The molecule has 1 atom stereocenters. The van der Waals surface area contributed by atoms with Crippen LogP contribution in [0.4, 0.5) is 0 Å². The van der Waals surface area contributed by atoms with Crippen molar-refractivity contribution in [2.24, 2.45) is 0 Å². The number of unbranched alkanes of at least 4 members (excludes halogenated alkanes) is 3. The highest BCUT2D eigenvalue weighted by atomic mass is 32.2. The number of rotatable bonds is 13. The average Bonchev–Trinajstić information content (AvgIpc) is 3.66. The van der Waals surface area contributed by atoms with E-state index in [0.717, 1.165) is 51.0 Å². The predicted octanol–water partition coefficient (Wildman–Crippen LogP) is 5.50. The lowest BCUT2D eigenvalue weighted by Crippen LogP contribution is -2.45. The number of H-pyrrole nitrogens is 1. The van der Waals surface area contributed by atoms with Crippen molar-refractivity contribution in [2.45, 2.75) is 109 Å². The lowest BCUT2D eigenvalue weighted by molar-refractivity contribution is 0.168. The molecule has 10 nitrogen and oxygen atoms in total. The normalized spacial score (nSPS) is 18.0. The maximum absolute atomic E-state index is 13.8. The van der Waals surface area contributed by atoms with Gasteiger partial charge in [-0.25, -0.2) is 17.9 Å². The summed E-state index contributed by atoms with van der Waals surface area (Å²) in [6.07, 6.45) is 10.7. The third-order valence-electron chi connectivity index (χ3n) is 9.19. The molecule has 0 saturated carbocycles. The highest BCUT2D eigenvalue weighted by Crippen LogP contribution is 2.33. The zero-order chi connectivity index (χ0) is 30.6. The van der Waals surface area contributed by atoms with E-state index in [4.69, 9.17) is 14.8 Å². The summed E-state index contributed by atoms with van der Waals surface area (Å²) in [5.41, 5.74) is 1.21. The molecule has 2 aliphatic heterocycles. The summed E-state index contributed by atoms with van der Waals surface area (Å²) in [4.78, 5) is 23.8. The maximum Gasteiger partial charge on any atom is 0.277 e. The molecule has 3 aromatic rings. The third-order valence-corrected chi connectivity index (χ3v) is 11.1. The van der Waals surface area contributed by atoms with E-state index in [2.05, 4.69) is 23.7 Å². The van der Waals surface area contributed by atoms with Gasteiger partial charge in [0.2, 0.25) is 10.0 Å². The summed E-state index contributed by atoms with van der Waals surface area (Å²) in [5, 5.41) is 4.88. The van der Waals surface area contributed by atoms with Crippen molar-refractivity contribution in [1.29, 1.82) is 0 Å². The van der Waals surface area contributed by atoms with Crippen LogP contribution in [0.3, 0.4) is 0 Å². The van der Waals surface area contributed by atoms with Crippen molar-refractivity contribution < 1.29 is 13.2 Å². The fourth-order valence-electron chi connectivity index (χ4n) is 6.75. The zero-order valence-electron chi connectivity index (χ0n) is 26.3. The van der Waals surface area contributed by atoms with E-state index in [1.165, 1.54) is 32.1 Å². The van der Waals surface area contributed by atoms with Gasteiger partial charge in [-0.2, -0.15) is 4.31 Å². The Kier molecular flexibility index (Phi) is 10.2. The molecule has 0 radical (unpaired) electrons. The molecule has 1 aromatic carbocycles. The number of likely N-dealkylation sites (tertiary alicyclic amines) is 1. The molecule has 0 aliphatic carbocycles. The molecule has 5 rings (SSSR count). The number of sulfonamides is 1. The maximum atomic E-state index is 13.8. The highest BCUT2D eigenvalue weighted by Gasteiger charge is 2.33. The van der Waals surface area contributed by atoms with Crippen LogP contribution in [0.15, 0.2) is 27.9 Å². The van der Waals surface area contributed by atoms with E-state index >= 15 is 0 Å². The fourth-order valence-corrected chi connectivity index (χ4v) is 8.25. The van der Waals surface area contributed by atoms with E-state index in [1.807, 2.05) is 13.8 Å². The van der Waals surface area contributed by atoms with Crippen LogP contribution in [0.5, 0.6) is 5.75 Å². The monoisotopic (exact) mass is 612 g/mol. The Labute approximate surface area is 255 Å².